The van der Waals surface area contributed by atoms with Crippen LogP contribution in [0.5, 0.6) is 0 Å². The molecule has 0 amide bonds. The number of pyridine rings is 1. The number of nitrogens with zero attached hydrogens (tertiary/aromatic N) is 1. The van der Waals surface area contributed by atoms with Crippen molar-refractivity contribution < 1.29 is 14.3 Å². The first-order chi connectivity index (χ1) is 9.36. The lowest BCUT2D eigenvalue weighted by Gasteiger charge is -2.19. The molecule has 0 fully saturated rings. The van der Waals surface area contributed by atoms with Gasteiger partial charge in [0, 0.05) is 11.1 Å². The zero-order valence-electron chi connectivity index (χ0n) is 11.8. The minimum absolute atomic E-state index is 0.216. The van der Waals surface area contributed by atoms with Crippen LogP contribution in [0.1, 0.15) is 42.6 Å². The Morgan fingerprint density at radius 3 is 2.70 bits per heavy atom. The van der Waals surface area contributed by atoms with Gasteiger partial charge in [-0.25, -0.2) is 9.78 Å². The largest absolute Gasteiger partial charge is 0.478 e. The molecule has 106 valence electrons. The molecule has 2 aromatic rings. The highest BCUT2D eigenvalue weighted by Gasteiger charge is 2.19. The van der Waals surface area contributed by atoms with Gasteiger partial charge in [0.25, 0.3) is 0 Å². The zero-order valence-corrected chi connectivity index (χ0v) is 11.8. The van der Waals surface area contributed by atoms with E-state index in [2.05, 4.69) is 10.3 Å². The van der Waals surface area contributed by atoms with Crippen molar-refractivity contribution in [3.8, 4) is 0 Å². The second kappa shape index (κ2) is 5.36. The van der Waals surface area contributed by atoms with E-state index in [0.717, 1.165) is 11.5 Å². The Balaban J connectivity index is 2.27. The summed E-state index contributed by atoms with van der Waals surface area (Å²) in [6, 6.07) is 6.79. The first-order valence-electron chi connectivity index (χ1n) is 6.38. The molecule has 2 rings (SSSR count). The third kappa shape index (κ3) is 3.38. The molecule has 0 unspecified atom stereocenters. The third-order valence-electron chi connectivity index (χ3n) is 2.86. The minimum Gasteiger partial charge on any atom is -0.478 e. The molecule has 20 heavy (non-hydrogen) atoms. The smallest absolute Gasteiger partial charge is 0.335 e. The number of rotatable bonds is 4. The maximum atomic E-state index is 11.2. The van der Waals surface area contributed by atoms with Gasteiger partial charge in [0.15, 0.2) is 0 Å². The van der Waals surface area contributed by atoms with Crippen LogP contribution in [-0.4, -0.2) is 16.1 Å². The first kappa shape index (κ1) is 14.1. The summed E-state index contributed by atoms with van der Waals surface area (Å²) in [6.45, 7) is 6.46. The molecule has 0 spiro atoms. The minimum atomic E-state index is -0.959. The van der Waals surface area contributed by atoms with Crippen molar-refractivity contribution in [3.05, 3.63) is 47.5 Å². The maximum absolute atomic E-state index is 11.2. The fraction of sp³-hybridized carbons (Fsp3) is 0.333. The second-order valence-corrected chi connectivity index (χ2v) is 5.61. The van der Waals surface area contributed by atoms with Crippen LogP contribution in [0.4, 0.5) is 5.82 Å². The van der Waals surface area contributed by atoms with Crippen molar-refractivity contribution in [3.63, 3.8) is 0 Å². The molecule has 2 heterocycles. The van der Waals surface area contributed by atoms with Crippen LogP contribution in [-0.2, 0) is 12.0 Å². The molecule has 0 saturated carbocycles. The highest BCUT2D eigenvalue weighted by Crippen LogP contribution is 2.23. The molecule has 0 aliphatic carbocycles. The summed E-state index contributed by atoms with van der Waals surface area (Å²) in [6.07, 6.45) is 1.60. The third-order valence-corrected chi connectivity index (χ3v) is 2.86. The first-order valence-corrected chi connectivity index (χ1v) is 6.38. The average molecular weight is 274 g/mol. The van der Waals surface area contributed by atoms with E-state index in [1.54, 1.807) is 18.4 Å². The highest BCUT2D eigenvalue weighted by atomic mass is 16.4. The molecule has 5 heteroatoms. The van der Waals surface area contributed by atoms with Crippen molar-refractivity contribution in [1.82, 2.24) is 4.98 Å². The lowest BCUT2D eigenvalue weighted by molar-refractivity contribution is 0.0696. The Hall–Kier alpha value is -2.30. The van der Waals surface area contributed by atoms with Crippen LogP contribution in [0.15, 0.2) is 34.9 Å². The summed E-state index contributed by atoms with van der Waals surface area (Å²) in [5.41, 5.74) is 0.748. The molecule has 0 aliphatic heterocycles. The van der Waals surface area contributed by atoms with Gasteiger partial charge >= 0.3 is 5.97 Å². The highest BCUT2D eigenvalue weighted by molar-refractivity contribution is 5.88. The topological polar surface area (TPSA) is 75.4 Å². The van der Waals surface area contributed by atoms with Crippen LogP contribution in [0.25, 0.3) is 0 Å². The van der Waals surface area contributed by atoms with Crippen LogP contribution in [0.2, 0.25) is 0 Å². The number of carbonyl (C=O) groups is 1. The summed E-state index contributed by atoms with van der Waals surface area (Å²) in [7, 11) is 0. The number of hydrogen-bond acceptors (Lipinski definition) is 4. The van der Waals surface area contributed by atoms with Crippen LogP contribution in [0.3, 0.4) is 0 Å². The van der Waals surface area contributed by atoms with E-state index in [1.165, 1.54) is 6.07 Å². The normalized spacial score (nSPS) is 11.3. The van der Waals surface area contributed by atoms with Crippen LogP contribution < -0.4 is 5.32 Å². The molecule has 0 aliphatic rings. The van der Waals surface area contributed by atoms with Crippen molar-refractivity contribution in [1.29, 1.82) is 0 Å². The van der Waals surface area contributed by atoms with E-state index in [0.29, 0.717) is 12.4 Å². The molecule has 2 N–H and O–H groups in total. The Kier molecular flexibility index (Phi) is 3.79. The van der Waals surface area contributed by atoms with Crippen LogP contribution >= 0.6 is 0 Å². The monoisotopic (exact) mass is 274 g/mol. The predicted molar refractivity (Wildman–Crippen MR) is 75.9 cm³/mol. The summed E-state index contributed by atoms with van der Waals surface area (Å²) in [5.74, 6) is 0.343. The van der Waals surface area contributed by atoms with Gasteiger partial charge in [-0.05, 0) is 24.3 Å². The standard InChI is InChI=1S/C15H18N2O3/c1-15(2,3)12-7-10(14(18)19)8-13(17-12)16-9-11-5-4-6-20-11/h4-8H,9H2,1-3H3,(H,16,17)(H,18,19). The summed E-state index contributed by atoms with van der Waals surface area (Å²) >= 11 is 0. The van der Waals surface area contributed by atoms with Crippen molar-refractivity contribution >= 4 is 11.8 Å². The van der Waals surface area contributed by atoms with Gasteiger partial charge in [-0.2, -0.15) is 0 Å². The lowest BCUT2D eigenvalue weighted by atomic mass is 9.91. The number of hydrogen-bond donors (Lipinski definition) is 2. The van der Waals surface area contributed by atoms with E-state index in [-0.39, 0.29) is 11.0 Å². The maximum Gasteiger partial charge on any atom is 0.335 e. The van der Waals surface area contributed by atoms with E-state index >= 15 is 0 Å². The number of carboxylic acid groups (broad SMARTS) is 1. The quantitative estimate of drug-likeness (QED) is 0.894. The van der Waals surface area contributed by atoms with Gasteiger partial charge in [0.2, 0.25) is 0 Å². The van der Waals surface area contributed by atoms with Crippen molar-refractivity contribution in [2.75, 3.05) is 5.32 Å². The van der Waals surface area contributed by atoms with E-state index in [1.807, 2.05) is 26.8 Å². The Labute approximate surface area is 117 Å². The Bertz CT molecular complexity index is 598. The van der Waals surface area contributed by atoms with Gasteiger partial charge < -0.3 is 14.8 Å². The molecule has 0 atom stereocenters. The van der Waals surface area contributed by atoms with Crippen LogP contribution in [0, 0.1) is 0 Å². The fourth-order valence-corrected chi connectivity index (χ4v) is 1.72. The van der Waals surface area contributed by atoms with Gasteiger partial charge in [0.05, 0.1) is 18.4 Å². The Morgan fingerprint density at radius 1 is 1.40 bits per heavy atom. The van der Waals surface area contributed by atoms with Gasteiger partial charge in [-0.15, -0.1) is 0 Å². The van der Waals surface area contributed by atoms with Gasteiger partial charge in [-0.1, -0.05) is 20.8 Å². The predicted octanol–water partition coefficient (Wildman–Crippen LogP) is 3.28. The van der Waals surface area contributed by atoms with E-state index in [9.17, 15) is 9.90 Å². The summed E-state index contributed by atoms with van der Waals surface area (Å²) < 4.78 is 5.22. The SMILES string of the molecule is CC(C)(C)c1cc(C(=O)O)cc(NCc2ccco2)n1. The molecule has 2 aromatic heterocycles. The van der Waals surface area contributed by atoms with Crippen molar-refractivity contribution in [2.45, 2.75) is 32.7 Å². The van der Waals surface area contributed by atoms with Gasteiger partial charge in [-0.3, -0.25) is 0 Å². The fourth-order valence-electron chi connectivity index (χ4n) is 1.72. The second-order valence-electron chi connectivity index (χ2n) is 5.61. The molecular formula is C15H18N2O3. The number of furan rings is 1. The average Bonchev–Trinajstić information content (AvgIpc) is 2.88. The summed E-state index contributed by atoms with van der Waals surface area (Å²) in [5, 5.41) is 12.3. The molecule has 5 nitrogen and oxygen atoms in total. The van der Waals surface area contributed by atoms with E-state index < -0.39 is 5.97 Å². The number of aromatic nitrogens is 1. The number of nitrogens with one attached hydrogen (secondary N) is 1. The zero-order chi connectivity index (χ0) is 14.8. The molecular weight excluding hydrogens is 256 g/mol. The molecule has 0 aromatic carbocycles. The van der Waals surface area contributed by atoms with E-state index in [4.69, 9.17) is 4.42 Å². The van der Waals surface area contributed by atoms with Gasteiger partial charge in [0.1, 0.15) is 11.6 Å². The molecule has 0 bridgehead atoms. The molecule has 0 saturated heterocycles. The summed E-state index contributed by atoms with van der Waals surface area (Å²) in [4.78, 5) is 15.7. The lowest BCUT2D eigenvalue weighted by Crippen LogP contribution is -2.16. The molecule has 0 radical (unpaired) electrons. The number of aromatic carboxylic acids is 1. The Morgan fingerprint density at radius 2 is 2.15 bits per heavy atom. The number of carboxylic acids is 1. The number of anilines is 1. The van der Waals surface area contributed by atoms with Crippen molar-refractivity contribution in [2.24, 2.45) is 0 Å².